The Balaban J connectivity index is 1.80. The number of aromatic nitrogens is 1. The fraction of sp³-hybridized carbons (Fsp3) is 0.435. The summed E-state index contributed by atoms with van der Waals surface area (Å²) in [6, 6.07) is 7.95. The van der Waals surface area contributed by atoms with Crippen molar-refractivity contribution in [3.05, 3.63) is 45.9 Å². The maximum atomic E-state index is 10.3. The molecule has 0 saturated heterocycles. The first-order chi connectivity index (χ1) is 13.4. The van der Waals surface area contributed by atoms with Crippen LogP contribution >= 0.6 is 22.9 Å². The van der Waals surface area contributed by atoms with Crippen molar-refractivity contribution < 1.29 is 9.84 Å². The van der Waals surface area contributed by atoms with Crippen molar-refractivity contribution in [3.63, 3.8) is 0 Å². The standard InChI is InChI=1S/C23H26ClNO2S/c1-4-19(26)20-12-18-22(28-20)16(6-9-25-18)17-11-15(24)10-14(2)21(17)27-13-23(3)7-5-8-23/h6,9-12,19,26H,4-5,7-8,13H2,1-3H3. The van der Waals surface area contributed by atoms with Crippen molar-refractivity contribution in [2.45, 2.75) is 52.6 Å². The number of thiophene rings is 1. The van der Waals surface area contributed by atoms with Crippen LogP contribution in [0.1, 0.15) is 56.1 Å². The average molecular weight is 416 g/mol. The zero-order chi connectivity index (χ0) is 19.9. The van der Waals surface area contributed by atoms with E-state index in [1.165, 1.54) is 19.3 Å². The van der Waals surface area contributed by atoms with Crippen LogP contribution in [0.2, 0.25) is 5.02 Å². The smallest absolute Gasteiger partial charge is 0.130 e. The Hall–Kier alpha value is -1.62. The highest BCUT2D eigenvalue weighted by atomic mass is 35.5. The third-order valence-electron chi connectivity index (χ3n) is 5.80. The SMILES string of the molecule is CCC(O)c1cc2nccc(-c3cc(Cl)cc(C)c3OCC3(C)CCC3)c2s1. The lowest BCUT2D eigenvalue weighted by Crippen LogP contribution is -2.32. The van der Waals surface area contributed by atoms with E-state index in [1.54, 1.807) is 11.3 Å². The number of rotatable bonds is 6. The van der Waals surface area contributed by atoms with E-state index in [0.29, 0.717) is 11.4 Å². The van der Waals surface area contributed by atoms with Crippen molar-refractivity contribution in [1.29, 1.82) is 0 Å². The van der Waals surface area contributed by atoms with Crippen LogP contribution in [0, 0.1) is 12.3 Å². The van der Waals surface area contributed by atoms with Gasteiger partial charge in [-0.15, -0.1) is 11.3 Å². The lowest BCUT2D eigenvalue weighted by Gasteiger charge is -2.38. The molecular weight excluding hydrogens is 390 g/mol. The number of aliphatic hydroxyl groups excluding tert-OH is 1. The van der Waals surface area contributed by atoms with Gasteiger partial charge in [0.05, 0.1) is 22.9 Å². The van der Waals surface area contributed by atoms with Gasteiger partial charge < -0.3 is 9.84 Å². The van der Waals surface area contributed by atoms with Crippen LogP contribution in [0.15, 0.2) is 30.5 Å². The lowest BCUT2D eigenvalue weighted by molar-refractivity contribution is 0.0775. The largest absolute Gasteiger partial charge is 0.492 e. The Morgan fingerprint density at radius 3 is 2.75 bits per heavy atom. The fourth-order valence-corrected chi connectivity index (χ4v) is 5.31. The molecule has 1 N–H and O–H groups in total. The Morgan fingerprint density at radius 1 is 1.29 bits per heavy atom. The number of halogens is 1. The highest BCUT2D eigenvalue weighted by molar-refractivity contribution is 7.19. The first-order valence-corrected chi connectivity index (χ1v) is 11.1. The molecule has 0 amide bonds. The molecular formula is C23H26ClNO2S. The van der Waals surface area contributed by atoms with E-state index in [2.05, 4.69) is 11.9 Å². The third kappa shape index (κ3) is 3.66. The maximum Gasteiger partial charge on any atom is 0.130 e. The zero-order valence-corrected chi connectivity index (χ0v) is 18.2. The highest BCUT2D eigenvalue weighted by Gasteiger charge is 2.33. The summed E-state index contributed by atoms with van der Waals surface area (Å²) in [6.07, 6.45) is 5.78. The highest BCUT2D eigenvalue weighted by Crippen LogP contribution is 2.45. The number of nitrogens with zero attached hydrogens (tertiary/aromatic N) is 1. The average Bonchev–Trinajstić information content (AvgIpc) is 3.09. The van der Waals surface area contributed by atoms with Gasteiger partial charge in [0.15, 0.2) is 0 Å². The number of fused-ring (bicyclic) bond motifs is 1. The van der Waals surface area contributed by atoms with Crippen LogP contribution in [0.3, 0.4) is 0 Å². The van der Waals surface area contributed by atoms with Crippen LogP contribution in [-0.2, 0) is 0 Å². The summed E-state index contributed by atoms with van der Waals surface area (Å²) < 4.78 is 7.45. The molecule has 3 aromatic rings. The van der Waals surface area contributed by atoms with Gasteiger partial charge in [-0.25, -0.2) is 0 Å². The van der Waals surface area contributed by atoms with Crippen molar-refractivity contribution >= 4 is 33.2 Å². The molecule has 1 aliphatic carbocycles. The van der Waals surface area contributed by atoms with Gasteiger partial charge in [0.25, 0.3) is 0 Å². The van der Waals surface area contributed by atoms with E-state index in [0.717, 1.165) is 44.1 Å². The second-order valence-corrected chi connectivity index (χ2v) is 9.72. The monoisotopic (exact) mass is 415 g/mol. The second-order valence-electron chi connectivity index (χ2n) is 8.20. The van der Waals surface area contributed by atoms with Crippen LogP contribution in [0.4, 0.5) is 0 Å². The van der Waals surface area contributed by atoms with Gasteiger partial charge in [-0.05, 0) is 56.0 Å². The molecule has 148 valence electrons. The van der Waals surface area contributed by atoms with Crippen molar-refractivity contribution in [1.82, 2.24) is 4.98 Å². The molecule has 1 atom stereocenters. The molecule has 4 rings (SSSR count). The van der Waals surface area contributed by atoms with E-state index >= 15 is 0 Å². The minimum absolute atomic E-state index is 0.276. The van der Waals surface area contributed by atoms with E-state index < -0.39 is 6.10 Å². The van der Waals surface area contributed by atoms with Crippen LogP contribution < -0.4 is 4.74 Å². The molecule has 0 radical (unpaired) electrons. The Morgan fingerprint density at radius 2 is 2.07 bits per heavy atom. The van der Waals surface area contributed by atoms with Gasteiger partial charge in [-0.2, -0.15) is 0 Å². The molecule has 2 heterocycles. The van der Waals surface area contributed by atoms with Crippen LogP contribution in [0.5, 0.6) is 5.75 Å². The van der Waals surface area contributed by atoms with Gasteiger partial charge in [0, 0.05) is 32.6 Å². The molecule has 1 fully saturated rings. The molecule has 1 aliphatic rings. The minimum Gasteiger partial charge on any atom is -0.492 e. The molecule has 1 unspecified atom stereocenters. The summed E-state index contributed by atoms with van der Waals surface area (Å²) in [4.78, 5) is 5.46. The topological polar surface area (TPSA) is 42.4 Å². The summed E-state index contributed by atoms with van der Waals surface area (Å²) in [5.41, 5.74) is 4.28. The zero-order valence-electron chi connectivity index (χ0n) is 16.6. The summed E-state index contributed by atoms with van der Waals surface area (Å²) in [5.74, 6) is 0.899. The van der Waals surface area contributed by atoms with E-state index in [9.17, 15) is 5.11 Å². The summed E-state index contributed by atoms with van der Waals surface area (Å²) in [7, 11) is 0. The molecule has 0 bridgehead atoms. The van der Waals surface area contributed by atoms with Crippen molar-refractivity contribution in [2.24, 2.45) is 5.41 Å². The van der Waals surface area contributed by atoms with E-state index in [-0.39, 0.29) is 5.41 Å². The van der Waals surface area contributed by atoms with E-state index in [4.69, 9.17) is 16.3 Å². The number of hydrogen-bond donors (Lipinski definition) is 1. The Kier molecular flexibility index (Phi) is 5.38. The number of hydrogen-bond acceptors (Lipinski definition) is 4. The first-order valence-electron chi connectivity index (χ1n) is 9.90. The number of benzene rings is 1. The third-order valence-corrected chi connectivity index (χ3v) is 7.28. The molecule has 28 heavy (non-hydrogen) atoms. The Bertz CT molecular complexity index is 1010. The maximum absolute atomic E-state index is 10.3. The molecule has 0 aliphatic heterocycles. The number of ether oxygens (including phenoxy) is 1. The number of pyridine rings is 1. The van der Waals surface area contributed by atoms with Crippen LogP contribution in [0.25, 0.3) is 21.3 Å². The minimum atomic E-state index is -0.456. The fourth-order valence-electron chi connectivity index (χ4n) is 3.83. The number of aryl methyl sites for hydroxylation is 1. The van der Waals surface area contributed by atoms with Crippen molar-refractivity contribution in [2.75, 3.05) is 6.61 Å². The van der Waals surface area contributed by atoms with Gasteiger partial charge in [-0.1, -0.05) is 31.9 Å². The molecule has 1 saturated carbocycles. The van der Waals surface area contributed by atoms with Crippen LogP contribution in [-0.4, -0.2) is 16.7 Å². The normalized spacial score (nSPS) is 16.8. The van der Waals surface area contributed by atoms with E-state index in [1.807, 2.05) is 44.3 Å². The summed E-state index contributed by atoms with van der Waals surface area (Å²) >= 11 is 8.02. The summed E-state index contributed by atoms with van der Waals surface area (Å²) in [6.45, 7) is 7.05. The van der Waals surface area contributed by atoms with Gasteiger partial charge >= 0.3 is 0 Å². The molecule has 3 nitrogen and oxygen atoms in total. The lowest BCUT2D eigenvalue weighted by atomic mass is 9.71. The van der Waals surface area contributed by atoms with Crippen molar-refractivity contribution in [3.8, 4) is 16.9 Å². The van der Waals surface area contributed by atoms with Gasteiger partial charge in [0.1, 0.15) is 5.75 Å². The Labute approximate surface area is 175 Å². The molecule has 0 spiro atoms. The van der Waals surface area contributed by atoms with Gasteiger partial charge in [-0.3, -0.25) is 4.98 Å². The van der Waals surface area contributed by atoms with Gasteiger partial charge in [0.2, 0.25) is 0 Å². The molecule has 5 heteroatoms. The summed E-state index contributed by atoms with van der Waals surface area (Å²) in [5, 5.41) is 11.0. The number of aliphatic hydroxyl groups is 1. The molecule has 2 aromatic heterocycles. The molecule has 1 aromatic carbocycles. The second kappa shape index (κ2) is 7.66. The predicted molar refractivity (Wildman–Crippen MR) is 118 cm³/mol. The quantitative estimate of drug-likeness (QED) is 0.474. The first kappa shape index (κ1) is 19.7. The predicted octanol–water partition coefficient (Wildman–Crippen LogP) is 6.94.